The number of ether oxygens (including phenoxy) is 1. The molecule has 0 radical (unpaired) electrons. The normalized spacial score (nSPS) is 11.0. The number of carbonyl (C=O) groups is 1. The number of carbonyl (C=O) groups excluding carboxylic acids is 1. The third-order valence-corrected chi connectivity index (χ3v) is 3.62. The predicted octanol–water partition coefficient (Wildman–Crippen LogP) is 2.23. The summed E-state index contributed by atoms with van der Waals surface area (Å²) in [4.78, 5) is 33.1. The fraction of sp³-hybridized carbons (Fsp3) is 0.294. The number of esters is 1. The number of aryl methyl sites for hydroxylation is 2. The van der Waals surface area contributed by atoms with Gasteiger partial charge in [-0.05, 0) is 32.9 Å². The maximum absolute atomic E-state index is 12.7. The molecular formula is C17H17N3O4. The Morgan fingerprint density at radius 3 is 2.83 bits per heavy atom. The van der Waals surface area contributed by atoms with Gasteiger partial charge in [0.15, 0.2) is 0 Å². The molecule has 3 aromatic rings. The van der Waals surface area contributed by atoms with Gasteiger partial charge in [-0.1, -0.05) is 0 Å². The van der Waals surface area contributed by atoms with Gasteiger partial charge in [0.05, 0.1) is 35.0 Å². The first-order chi connectivity index (χ1) is 11.5. The number of pyridine rings is 2. The number of hydrogen-bond donors (Lipinski definition) is 0. The number of fused-ring (bicyclic) bond motifs is 1. The second-order valence-electron chi connectivity index (χ2n) is 5.39. The Labute approximate surface area is 137 Å². The number of oxazole rings is 1. The number of hydrogen-bond acceptors (Lipinski definition) is 6. The summed E-state index contributed by atoms with van der Waals surface area (Å²) in [5.74, 6) is 0.642. The van der Waals surface area contributed by atoms with Crippen molar-refractivity contribution in [1.82, 2.24) is 14.5 Å². The summed E-state index contributed by atoms with van der Waals surface area (Å²) in [6, 6.07) is 3.27. The van der Waals surface area contributed by atoms with E-state index in [0.717, 1.165) is 0 Å². The first kappa shape index (κ1) is 15.9. The third-order valence-electron chi connectivity index (χ3n) is 3.62. The minimum absolute atomic E-state index is 0.214. The fourth-order valence-corrected chi connectivity index (χ4v) is 2.47. The molecule has 3 heterocycles. The maximum Gasteiger partial charge on any atom is 0.339 e. The Bertz CT molecular complexity index is 972. The summed E-state index contributed by atoms with van der Waals surface area (Å²) in [6.45, 7) is 5.71. The number of rotatable bonds is 4. The summed E-state index contributed by atoms with van der Waals surface area (Å²) in [5, 5.41) is 0.356. The molecule has 3 rings (SSSR count). The highest BCUT2D eigenvalue weighted by Gasteiger charge is 2.15. The molecule has 0 unspecified atom stereocenters. The van der Waals surface area contributed by atoms with Crippen LogP contribution in [-0.4, -0.2) is 27.1 Å². The van der Waals surface area contributed by atoms with Crippen molar-refractivity contribution < 1.29 is 13.9 Å². The summed E-state index contributed by atoms with van der Waals surface area (Å²) >= 11 is 0. The van der Waals surface area contributed by atoms with E-state index in [1.807, 2.05) is 0 Å². The monoisotopic (exact) mass is 327 g/mol. The van der Waals surface area contributed by atoms with Gasteiger partial charge in [0.25, 0.3) is 5.56 Å². The average Bonchev–Trinajstić information content (AvgIpc) is 2.95. The molecule has 0 amide bonds. The molecule has 0 aliphatic heterocycles. The van der Waals surface area contributed by atoms with Crippen LogP contribution in [0.5, 0.6) is 0 Å². The van der Waals surface area contributed by atoms with Crippen LogP contribution in [0, 0.1) is 13.8 Å². The molecule has 0 spiro atoms. The van der Waals surface area contributed by atoms with Crippen molar-refractivity contribution in [3.05, 3.63) is 57.8 Å². The van der Waals surface area contributed by atoms with Crippen LogP contribution in [0.3, 0.4) is 0 Å². The minimum Gasteiger partial charge on any atom is -0.462 e. The first-order valence-electron chi connectivity index (χ1n) is 7.59. The molecule has 124 valence electrons. The molecule has 24 heavy (non-hydrogen) atoms. The second kappa shape index (κ2) is 6.27. The van der Waals surface area contributed by atoms with Gasteiger partial charge in [-0.3, -0.25) is 9.78 Å². The molecule has 0 saturated carbocycles. The van der Waals surface area contributed by atoms with Crippen LogP contribution >= 0.6 is 0 Å². The van der Waals surface area contributed by atoms with Crippen LogP contribution in [0.1, 0.15) is 34.6 Å². The van der Waals surface area contributed by atoms with Crippen molar-refractivity contribution in [3.63, 3.8) is 0 Å². The van der Waals surface area contributed by atoms with E-state index < -0.39 is 5.97 Å². The SMILES string of the molecule is CCOC(=O)c1cc2c(=O)n(Cc3ncc(C)o3)ccc2nc1C. The van der Waals surface area contributed by atoms with Gasteiger partial charge >= 0.3 is 5.97 Å². The smallest absolute Gasteiger partial charge is 0.339 e. The summed E-state index contributed by atoms with van der Waals surface area (Å²) in [7, 11) is 0. The molecular weight excluding hydrogens is 310 g/mol. The van der Waals surface area contributed by atoms with E-state index in [0.29, 0.717) is 33.8 Å². The number of aromatic nitrogens is 3. The lowest BCUT2D eigenvalue weighted by Gasteiger charge is -2.08. The van der Waals surface area contributed by atoms with Gasteiger partial charge in [-0.15, -0.1) is 0 Å². The molecule has 0 atom stereocenters. The van der Waals surface area contributed by atoms with Gasteiger partial charge in [0, 0.05) is 6.20 Å². The van der Waals surface area contributed by atoms with E-state index in [1.54, 1.807) is 39.2 Å². The standard InChI is InChI=1S/C17H17N3O4/c1-4-23-17(22)12-7-13-14(19-11(12)3)5-6-20(16(13)21)9-15-18-8-10(2)24-15/h5-8H,4,9H2,1-3H3. The van der Waals surface area contributed by atoms with Gasteiger partial charge < -0.3 is 13.7 Å². The quantitative estimate of drug-likeness (QED) is 0.683. The zero-order chi connectivity index (χ0) is 17.3. The summed E-state index contributed by atoms with van der Waals surface area (Å²) < 4.78 is 11.9. The Kier molecular flexibility index (Phi) is 4.16. The predicted molar refractivity (Wildman–Crippen MR) is 87.0 cm³/mol. The maximum atomic E-state index is 12.7. The van der Waals surface area contributed by atoms with E-state index in [9.17, 15) is 9.59 Å². The van der Waals surface area contributed by atoms with Gasteiger partial charge in [-0.2, -0.15) is 0 Å². The van der Waals surface area contributed by atoms with E-state index >= 15 is 0 Å². The average molecular weight is 327 g/mol. The zero-order valence-electron chi connectivity index (χ0n) is 13.7. The Morgan fingerprint density at radius 2 is 2.17 bits per heavy atom. The van der Waals surface area contributed by atoms with Crippen LogP contribution in [0.15, 0.2) is 33.7 Å². The first-order valence-corrected chi connectivity index (χ1v) is 7.59. The highest BCUT2D eigenvalue weighted by atomic mass is 16.5. The second-order valence-corrected chi connectivity index (χ2v) is 5.39. The fourth-order valence-electron chi connectivity index (χ4n) is 2.47. The van der Waals surface area contributed by atoms with Crippen LogP contribution in [-0.2, 0) is 11.3 Å². The van der Waals surface area contributed by atoms with Crippen molar-refractivity contribution in [2.75, 3.05) is 6.61 Å². The van der Waals surface area contributed by atoms with Crippen LogP contribution in [0.25, 0.3) is 10.9 Å². The molecule has 0 saturated heterocycles. The van der Waals surface area contributed by atoms with Crippen molar-refractivity contribution in [2.45, 2.75) is 27.3 Å². The Hall–Kier alpha value is -2.96. The lowest BCUT2D eigenvalue weighted by molar-refractivity contribution is 0.0525. The lowest BCUT2D eigenvalue weighted by Crippen LogP contribution is -2.21. The van der Waals surface area contributed by atoms with Crippen molar-refractivity contribution in [3.8, 4) is 0 Å². The molecule has 0 aliphatic carbocycles. The number of nitrogens with zero attached hydrogens (tertiary/aromatic N) is 3. The summed E-state index contributed by atoms with van der Waals surface area (Å²) in [5.41, 5.74) is 1.10. The Balaban J connectivity index is 2.08. The molecule has 0 fully saturated rings. The molecule has 3 aromatic heterocycles. The Morgan fingerprint density at radius 1 is 1.38 bits per heavy atom. The molecule has 0 bridgehead atoms. The minimum atomic E-state index is -0.484. The molecule has 0 N–H and O–H groups in total. The van der Waals surface area contributed by atoms with E-state index in [1.165, 1.54) is 10.6 Å². The molecule has 0 aliphatic rings. The van der Waals surface area contributed by atoms with E-state index in [4.69, 9.17) is 9.15 Å². The van der Waals surface area contributed by atoms with Gasteiger partial charge in [0.1, 0.15) is 12.3 Å². The highest BCUT2D eigenvalue weighted by molar-refractivity contribution is 5.94. The molecule has 0 aromatic carbocycles. The molecule has 7 heteroatoms. The van der Waals surface area contributed by atoms with Crippen molar-refractivity contribution in [1.29, 1.82) is 0 Å². The largest absolute Gasteiger partial charge is 0.462 e. The molecule has 7 nitrogen and oxygen atoms in total. The van der Waals surface area contributed by atoms with Crippen LogP contribution in [0.2, 0.25) is 0 Å². The van der Waals surface area contributed by atoms with E-state index in [-0.39, 0.29) is 18.7 Å². The van der Waals surface area contributed by atoms with Crippen molar-refractivity contribution >= 4 is 16.9 Å². The topological polar surface area (TPSA) is 87.2 Å². The highest BCUT2D eigenvalue weighted by Crippen LogP contribution is 2.15. The summed E-state index contributed by atoms with van der Waals surface area (Å²) in [6.07, 6.45) is 3.24. The third kappa shape index (κ3) is 2.92. The zero-order valence-corrected chi connectivity index (χ0v) is 13.7. The van der Waals surface area contributed by atoms with Crippen molar-refractivity contribution in [2.24, 2.45) is 0 Å². The van der Waals surface area contributed by atoms with Gasteiger partial charge in [-0.25, -0.2) is 9.78 Å². The lowest BCUT2D eigenvalue weighted by atomic mass is 10.1. The van der Waals surface area contributed by atoms with Crippen LogP contribution < -0.4 is 5.56 Å². The van der Waals surface area contributed by atoms with Crippen LogP contribution in [0.4, 0.5) is 0 Å². The van der Waals surface area contributed by atoms with Gasteiger partial charge in [0.2, 0.25) is 5.89 Å². The van der Waals surface area contributed by atoms with E-state index in [2.05, 4.69) is 9.97 Å².